The number of carbonyl (C=O) groups excluding carboxylic acids is 1. The normalized spacial score (nSPS) is 11.3. The molecule has 1 amide bonds. The molecule has 0 radical (unpaired) electrons. The van der Waals surface area contributed by atoms with Crippen LogP contribution in [0.2, 0.25) is 0 Å². The van der Waals surface area contributed by atoms with Crippen LogP contribution in [0.1, 0.15) is 29.8 Å². The number of benzene rings is 1. The Balaban J connectivity index is 1.70. The number of aromatic nitrogens is 4. The number of aryl methyl sites for hydroxylation is 1. The first-order chi connectivity index (χ1) is 13.9. The van der Waals surface area contributed by atoms with Crippen molar-refractivity contribution in [3.63, 3.8) is 0 Å². The highest BCUT2D eigenvalue weighted by Gasteiger charge is 2.21. The van der Waals surface area contributed by atoms with Crippen LogP contribution in [0.5, 0.6) is 0 Å². The Labute approximate surface area is 169 Å². The summed E-state index contributed by atoms with van der Waals surface area (Å²) in [5.41, 5.74) is 9.23. The van der Waals surface area contributed by atoms with Crippen molar-refractivity contribution in [2.75, 3.05) is 5.73 Å². The van der Waals surface area contributed by atoms with Gasteiger partial charge in [0, 0.05) is 31.4 Å². The fourth-order valence-electron chi connectivity index (χ4n) is 3.37. The third-order valence-electron chi connectivity index (χ3n) is 4.96. The summed E-state index contributed by atoms with van der Waals surface area (Å²) < 4.78 is 3.51. The van der Waals surface area contributed by atoms with E-state index in [0.717, 1.165) is 11.3 Å². The summed E-state index contributed by atoms with van der Waals surface area (Å²) in [5.74, 6) is 0.863. The van der Waals surface area contributed by atoms with Crippen LogP contribution >= 0.6 is 0 Å². The summed E-state index contributed by atoms with van der Waals surface area (Å²) in [5, 5.41) is 4.50. The molecule has 4 aromatic rings. The molecule has 148 valence electrons. The van der Waals surface area contributed by atoms with Crippen LogP contribution in [0.4, 0.5) is 5.82 Å². The Hall–Kier alpha value is -3.61. The van der Waals surface area contributed by atoms with Crippen molar-refractivity contribution in [3.8, 4) is 11.5 Å². The molecule has 3 heterocycles. The van der Waals surface area contributed by atoms with E-state index in [1.54, 1.807) is 16.6 Å². The maximum atomic E-state index is 13.3. The van der Waals surface area contributed by atoms with Crippen LogP contribution < -0.4 is 5.73 Å². The van der Waals surface area contributed by atoms with Crippen LogP contribution in [0.25, 0.3) is 17.2 Å². The third-order valence-corrected chi connectivity index (χ3v) is 4.96. The molecular weight excluding hydrogens is 364 g/mol. The molecule has 0 fully saturated rings. The van der Waals surface area contributed by atoms with Crippen LogP contribution in [0, 0.1) is 0 Å². The van der Waals surface area contributed by atoms with E-state index in [1.807, 2.05) is 79.0 Å². The number of hydrogen-bond donors (Lipinski definition) is 1. The van der Waals surface area contributed by atoms with Gasteiger partial charge in [-0.3, -0.25) is 4.79 Å². The number of carbonyl (C=O) groups is 1. The lowest BCUT2D eigenvalue weighted by atomic mass is 10.1. The minimum absolute atomic E-state index is 0.0388. The van der Waals surface area contributed by atoms with E-state index in [4.69, 9.17) is 5.73 Å². The van der Waals surface area contributed by atoms with Gasteiger partial charge < -0.3 is 15.2 Å². The lowest BCUT2D eigenvalue weighted by Gasteiger charge is -2.27. The van der Waals surface area contributed by atoms with E-state index >= 15 is 0 Å². The van der Waals surface area contributed by atoms with Gasteiger partial charge in [0.25, 0.3) is 5.91 Å². The summed E-state index contributed by atoms with van der Waals surface area (Å²) in [6.07, 6.45) is 1.93. The SMILES string of the molecule is CC(C)N(Cc1ccccc1)C(=O)c1cc(N)n2nc(-c3cccn3C)nc2c1. The predicted molar refractivity (Wildman–Crippen MR) is 113 cm³/mol. The molecule has 7 nitrogen and oxygen atoms in total. The van der Waals surface area contributed by atoms with E-state index in [-0.39, 0.29) is 11.9 Å². The highest BCUT2D eigenvalue weighted by molar-refractivity contribution is 5.96. The molecule has 0 aliphatic heterocycles. The lowest BCUT2D eigenvalue weighted by Crippen LogP contribution is -2.36. The zero-order valence-corrected chi connectivity index (χ0v) is 16.8. The second-order valence-electron chi connectivity index (χ2n) is 7.39. The van der Waals surface area contributed by atoms with Gasteiger partial charge in [0.2, 0.25) is 0 Å². The van der Waals surface area contributed by atoms with Crippen molar-refractivity contribution in [1.29, 1.82) is 0 Å². The summed E-state index contributed by atoms with van der Waals surface area (Å²) >= 11 is 0. The number of amides is 1. The average molecular weight is 388 g/mol. The minimum Gasteiger partial charge on any atom is -0.384 e. The standard InChI is InChI=1S/C22H24N6O/c1-15(2)27(14-16-8-5-4-6-9-16)22(29)17-12-19(23)28-20(13-17)24-21(25-28)18-10-7-11-26(18)3/h4-13,15H,14,23H2,1-3H3. The van der Waals surface area contributed by atoms with Crippen LogP contribution in [0.15, 0.2) is 60.8 Å². The highest BCUT2D eigenvalue weighted by atomic mass is 16.2. The molecule has 0 atom stereocenters. The first-order valence-electron chi connectivity index (χ1n) is 9.57. The molecule has 2 N–H and O–H groups in total. The molecule has 0 saturated carbocycles. The number of pyridine rings is 1. The lowest BCUT2D eigenvalue weighted by molar-refractivity contribution is 0.0690. The van der Waals surface area contributed by atoms with Gasteiger partial charge in [0.15, 0.2) is 11.5 Å². The van der Waals surface area contributed by atoms with Gasteiger partial charge in [-0.1, -0.05) is 30.3 Å². The largest absolute Gasteiger partial charge is 0.384 e. The molecule has 0 spiro atoms. The maximum absolute atomic E-state index is 13.3. The Morgan fingerprint density at radius 2 is 1.90 bits per heavy atom. The maximum Gasteiger partial charge on any atom is 0.254 e. The van der Waals surface area contributed by atoms with Crippen molar-refractivity contribution in [3.05, 3.63) is 71.9 Å². The quantitative estimate of drug-likeness (QED) is 0.568. The first-order valence-corrected chi connectivity index (χ1v) is 9.57. The van der Waals surface area contributed by atoms with Gasteiger partial charge >= 0.3 is 0 Å². The Morgan fingerprint density at radius 3 is 2.55 bits per heavy atom. The van der Waals surface area contributed by atoms with Gasteiger partial charge in [-0.2, -0.15) is 4.52 Å². The summed E-state index contributed by atoms with van der Waals surface area (Å²) in [4.78, 5) is 19.7. The van der Waals surface area contributed by atoms with Gasteiger partial charge in [-0.15, -0.1) is 5.10 Å². The molecule has 3 aromatic heterocycles. The van der Waals surface area contributed by atoms with Crippen LogP contribution in [-0.2, 0) is 13.6 Å². The van der Waals surface area contributed by atoms with E-state index in [0.29, 0.717) is 29.4 Å². The highest BCUT2D eigenvalue weighted by Crippen LogP contribution is 2.21. The van der Waals surface area contributed by atoms with Crippen molar-refractivity contribution in [2.45, 2.75) is 26.4 Å². The minimum atomic E-state index is -0.0820. The van der Waals surface area contributed by atoms with Gasteiger partial charge in [-0.05, 0) is 43.7 Å². The molecule has 0 aliphatic carbocycles. The third kappa shape index (κ3) is 3.59. The number of rotatable bonds is 5. The first kappa shape index (κ1) is 18.7. The van der Waals surface area contributed by atoms with Crippen LogP contribution in [-0.4, -0.2) is 36.0 Å². The molecule has 4 rings (SSSR count). The number of nitrogens with zero attached hydrogens (tertiary/aromatic N) is 5. The number of hydrogen-bond acceptors (Lipinski definition) is 4. The van der Waals surface area contributed by atoms with Crippen molar-refractivity contribution < 1.29 is 4.79 Å². The zero-order chi connectivity index (χ0) is 20.5. The molecular formula is C22H24N6O. The van der Waals surface area contributed by atoms with Gasteiger partial charge in [0.1, 0.15) is 5.82 Å². The zero-order valence-electron chi connectivity index (χ0n) is 16.8. The molecule has 29 heavy (non-hydrogen) atoms. The van der Waals surface area contributed by atoms with Crippen molar-refractivity contribution in [2.24, 2.45) is 7.05 Å². The van der Waals surface area contributed by atoms with Crippen molar-refractivity contribution >= 4 is 17.4 Å². The average Bonchev–Trinajstić information content (AvgIpc) is 3.32. The topological polar surface area (TPSA) is 81.5 Å². The number of nitrogen functional groups attached to an aromatic ring is 1. The van der Waals surface area contributed by atoms with E-state index in [9.17, 15) is 4.79 Å². The summed E-state index contributed by atoms with van der Waals surface area (Å²) in [7, 11) is 1.93. The second kappa shape index (κ2) is 7.43. The summed E-state index contributed by atoms with van der Waals surface area (Å²) in [6, 6.07) is 17.3. The van der Waals surface area contributed by atoms with Gasteiger partial charge in [-0.25, -0.2) is 4.98 Å². The molecule has 0 bridgehead atoms. The van der Waals surface area contributed by atoms with E-state index in [2.05, 4.69) is 10.1 Å². The molecule has 0 unspecified atom stereocenters. The Morgan fingerprint density at radius 1 is 1.14 bits per heavy atom. The van der Waals surface area contributed by atoms with Crippen LogP contribution in [0.3, 0.4) is 0 Å². The molecule has 7 heteroatoms. The van der Waals surface area contributed by atoms with E-state index < -0.39 is 0 Å². The Kier molecular flexibility index (Phi) is 4.80. The smallest absolute Gasteiger partial charge is 0.254 e. The fraction of sp³-hybridized carbons (Fsp3) is 0.227. The molecule has 1 aromatic carbocycles. The molecule has 0 saturated heterocycles. The summed E-state index contributed by atoms with van der Waals surface area (Å²) in [6.45, 7) is 4.55. The number of anilines is 1. The number of fused-ring (bicyclic) bond motifs is 1. The monoisotopic (exact) mass is 388 g/mol. The second-order valence-corrected chi connectivity index (χ2v) is 7.39. The van der Waals surface area contributed by atoms with Crippen molar-refractivity contribution in [1.82, 2.24) is 24.1 Å². The number of nitrogens with two attached hydrogens (primary N) is 1. The fourth-order valence-corrected chi connectivity index (χ4v) is 3.37. The van der Waals surface area contributed by atoms with Gasteiger partial charge in [0.05, 0.1) is 5.69 Å². The van der Waals surface area contributed by atoms with E-state index in [1.165, 1.54) is 0 Å². The Bertz CT molecular complexity index is 1160. The predicted octanol–water partition coefficient (Wildman–Crippen LogP) is 3.37. The molecule has 0 aliphatic rings.